The number of piperidine rings is 1. The molecule has 0 aliphatic carbocycles. The van der Waals surface area contributed by atoms with Crippen LogP contribution in [0.4, 0.5) is 0 Å². The zero-order chi connectivity index (χ0) is 18.2. The van der Waals surface area contributed by atoms with E-state index in [1.54, 1.807) is 35.7 Å². The van der Waals surface area contributed by atoms with Crippen LogP contribution in [0.2, 0.25) is 0 Å². The molecule has 1 aromatic heterocycles. The summed E-state index contributed by atoms with van der Waals surface area (Å²) >= 11 is 1.62. The maximum absolute atomic E-state index is 12.6. The summed E-state index contributed by atoms with van der Waals surface area (Å²) in [6.07, 6.45) is 5.39. The molecule has 0 aromatic carbocycles. The number of likely N-dealkylation sites (tertiary alicyclic amines) is 1. The van der Waals surface area contributed by atoms with E-state index in [4.69, 9.17) is 4.42 Å². The number of rotatable bonds is 7. The van der Waals surface area contributed by atoms with Crippen molar-refractivity contribution in [2.75, 3.05) is 25.1 Å². The number of carbonyl (C=O) groups excluding carboxylic acids is 3. The monoisotopic (exact) mass is 367 g/mol. The van der Waals surface area contributed by atoms with E-state index in [0.717, 1.165) is 18.6 Å². The SMILES string of the molecule is CSCCC(NC(=O)c1ccco1)C(=O)NC1CCN(C(C)=O)CC1. The second-order valence-corrected chi connectivity index (χ2v) is 7.06. The molecule has 25 heavy (non-hydrogen) atoms. The van der Waals surface area contributed by atoms with Crippen molar-refractivity contribution in [2.45, 2.75) is 38.3 Å². The average molecular weight is 367 g/mol. The van der Waals surface area contributed by atoms with Gasteiger partial charge in [0.15, 0.2) is 5.76 Å². The maximum Gasteiger partial charge on any atom is 0.287 e. The van der Waals surface area contributed by atoms with E-state index in [2.05, 4.69) is 10.6 Å². The number of nitrogens with zero attached hydrogens (tertiary/aromatic N) is 1. The highest BCUT2D eigenvalue weighted by atomic mass is 32.2. The lowest BCUT2D eigenvalue weighted by atomic mass is 10.0. The first-order chi connectivity index (χ1) is 12.0. The molecule has 1 aromatic rings. The Morgan fingerprint density at radius 3 is 2.64 bits per heavy atom. The molecule has 1 atom stereocenters. The lowest BCUT2D eigenvalue weighted by molar-refractivity contribution is -0.130. The molecule has 1 aliphatic rings. The Hall–Kier alpha value is -1.96. The van der Waals surface area contributed by atoms with Gasteiger partial charge < -0.3 is 20.0 Å². The molecule has 1 fully saturated rings. The van der Waals surface area contributed by atoms with Crippen LogP contribution in [-0.2, 0) is 9.59 Å². The van der Waals surface area contributed by atoms with E-state index >= 15 is 0 Å². The van der Waals surface area contributed by atoms with Crippen molar-refractivity contribution in [1.82, 2.24) is 15.5 Å². The molecular formula is C17H25N3O4S. The quantitative estimate of drug-likeness (QED) is 0.757. The summed E-state index contributed by atoms with van der Waals surface area (Å²) < 4.78 is 5.08. The van der Waals surface area contributed by atoms with Gasteiger partial charge in [0.2, 0.25) is 11.8 Å². The second kappa shape index (κ2) is 9.50. The van der Waals surface area contributed by atoms with Crippen molar-refractivity contribution >= 4 is 29.5 Å². The van der Waals surface area contributed by atoms with Gasteiger partial charge in [-0.2, -0.15) is 11.8 Å². The Morgan fingerprint density at radius 1 is 1.36 bits per heavy atom. The van der Waals surface area contributed by atoms with Gasteiger partial charge >= 0.3 is 0 Å². The van der Waals surface area contributed by atoms with Crippen LogP contribution in [0.3, 0.4) is 0 Å². The first-order valence-electron chi connectivity index (χ1n) is 8.40. The fraction of sp³-hybridized carbons (Fsp3) is 0.588. The summed E-state index contributed by atoms with van der Waals surface area (Å²) in [4.78, 5) is 37.9. The number of hydrogen-bond donors (Lipinski definition) is 2. The normalized spacial score (nSPS) is 16.3. The Labute approximate surface area is 151 Å². The van der Waals surface area contributed by atoms with Crippen molar-refractivity contribution in [2.24, 2.45) is 0 Å². The van der Waals surface area contributed by atoms with Crippen LogP contribution in [0.1, 0.15) is 36.7 Å². The molecule has 0 radical (unpaired) electrons. The van der Waals surface area contributed by atoms with Crippen molar-refractivity contribution in [3.05, 3.63) is 24.2 Å². The summed E-state index contributed by atoms with van der Waals surface area (Å²) in [5.41, 5.74) is 0. The van der Waals surface area contributed by atoms with Crippen molar-refractivity contribution < 1.29 is 18.8 Å². The van der Waals surface area contributed by atoms with Gasteiger partial charge in [-0.1, -0.05) is 0 Å². The minimum Gasteiger partial charge on any atom is -0.459 e. The number of thioether (sulfide) groups is 1. The molecule has 8 heteroatoms. The lowest BCUT2D eigenvalue weighted by Gasteiger charge is -2.32. The van der Waals surface area contributed by atoms with Crippen LogP contribution in [0.25, 0.3) is 0 Å². The van der Waals surface area contributed by atoms with Crippen LogP contribution in [0.5, 0.6) is 0 Å². The molecule has 1 aliphatic heterocycles. The summed E-state index contributed by atoms with van der Waals surface area (Å²) in [5.74, 6) is 0.442. The Balaban J connectivity index is 1.89. The van der Waals surface area contributed by atoms with E-state index in [1.165, 1.54) is 6.26 Å². The molecule has 138 valence electrons. The summed E-state index contributed by atoms with van der Waals surface area (Å²) in [5, 5.41) is 5.75. The van der Waals surface area contributed by atoms with Crippen LogP contribution < -0.4 is 10.6 Å². The van der Waals surface area contributed by atoms with Crippen molar-refractivity contribution in [3.8, 4) is 0 Å². The molecule has 2 heterocycles. The molecule has 0 saturated carbocycles. The molecule has 2 N–H and O–H groups in total. The van der Waals surface area contributed by atoms with Crippen molar-refractivity contribution in [3.63, 3.8) is 0 Å². The third-order valence-electron chi connectivity index (χ3n) is 4.26. The lowest BCUT2D eigenvalue weighted by Crippen LogP contribution is -2.52. The largest absolute Gasteiger partial charge is 0.459 e. The zero-order valence-electron chi connectivity index (χ0n) is 14.6. The smallest absolute Gasteiger partial charge is 0.287 e. The van der Waals surface area contributed by atoms with Crippen LogP contribution in [0.15, 0.2) is 22.8 Å². The molecule has 3 amide bonds. The third kappa shape index (κ3) is 5.81. The van der Waals surface area contributed by atoms with Crippen LogP contribution in [-0.4, -0.2) is 59.8 Å². The topological polar surface area (TPSA) is 91.7 Å². The Kier molecular flexibility index (Phi) is 7.36. The van der Waals surface area contributed by atoms with E-state index < -0.39 is 11.9 Å². The van der Waals surface area contributed by atoms with Gasteiger partial charge in [0, 0.05) is 26.1 Å². The minimum absolute atomic E-state index is 0.0281. The van der Waals surface area contributed by atoms with Gasteiger partial charge in [-0.15, -0.1) is 0 Å². The van der Waals surface area contributed by atoms with Gasteiger partial charge in [-0.25, -0.2) is 0 Å². The molecule has 7 nitrogen and oxygen atoms in total. The molecule has 2 rings (SSSR count). The number of furan rings is 1. The van der Waals surface area contributed by atoms with Gasteiger partial charge in [0.25, 0.3) is 5.91 Å². The van der Waals surface area contributed by atoms with Gasteiger partial charge in [0.05, 0.1) is 6.26 Å². The van der Waals surface area contributed by atoms with Crippen LogP contribution >= 0.6 is 11.8 Å². The highest BCUT2D eigenvalue weighted by Gasteiger charge is 2.27. The summed E-state index contributed by atoms with van der Waals surface area (Å²) in [6.45, 7) is 2.85. The first kappa shape index (κ1) is 19.4. The van der Waals surface area contributed by atoms with E-state index in [0.29, 0.717) is 19.5 Å². The fourth-order valence-electron chi connectivity index (χ4n) is 2.78. The standard InChI is InChI=1S/C17H25N3O4S/c1-12(21)20-8-5-13(6-9-20)18-16(22)14(7-11-25-2)19-17(23)15-4-3-10-24-15/h3-4,10,13-14H,5-9,11H2,1-2H3,(H,18,22)(H,19,23). The Morgan fingerprint density at radius 2 is 2.08 bits per heavy atom. The van der Waals surface area contributed by atoms with E-state index in [1.807, 2.05) is 6.26 Å². The second-order valence-electron chi connectivity index (χ2n) is 6.07. The van der Waals surface area contributed by atoms with Crippen LogP contribution in [0, 0.1) is 0 Å². The van der Waals surface area contributed by atoms with E-state index in [9.17, 15) is 14.4 Å². The van der Waals surface area contributed by atoms with Gasteiger partial charge in [-0.3, -0.25) is 14.4 Å². The molecule has 1 saturated heterocycles. The average Bonchev–Trinajstić information content (AvgIpc) is 3.13. The van der Waals surface area contributed by atoms with Crippen molar-refractivity contribution in [1.29, 1.82) is 0 Å². The molecule has 0 bridgehead atoms. The predicted molar refractivity (Wildman–Crippen MR) is 96.4 cm³/mol. The molecular weight excluding hydrogens is 342 g/mol. The molecule has 0 spiro atoms. The fourth-order valence-corrected chi connectivity index (χ4v) is 3.25. The summed E-state index contributed by atoms with van der Waals surface area (Å²) in [6, 6.07) is 2.63. The number of hydrogen-bond acceptors (Lipinski definition) is 5. The zero-order valence-corrected chi connectivity index (χ0v) is 15.4. The number of carbonyl (C=O) groups is 3. The maximum atomic E-state index is 12.6. The third-order valence-corrected chi connectivity index (χ3v) is 4.91. The van der Waals surface area contributed by atoms with Gasteiger partial charge in [0.1, 0.15) is 6.04 Å². The first-order valence-corrected chi connectivity index (χ1v) is 9.80. The highest BCUT2D eigenvalue weighted by molar-refractivity contribution is 7.98. The van der Waals surface area contributed by atoms with E-state index in [-0.39, 0.29) is 23.6 Å². The number of amides is 3. The van der Waals surface area contributed by atoms with Gasteiger partial charge in [-0.05, 0) is 43.4 Å². The summed E-state index contributed by atoms with van der Waals surface area (Å²) in [7, 11) is 0. The minimum atomic E-state index is -0.601. The predicted octanol–water partition coefficient (Wildman–Crippen LogP) is 1.26. The number of nitrogens with one attached hydrogen (secondary N) is 2. The molecule has 1 unspecified atom stereocenters. The highest BCUT2D eigenvalue weighted by Crippen LogP contribution is 2.12. The Bertz CT molecular complexity index is 583.